The number of hydrogen-bond donors (Lipinski definition) is 2. The SMILES string of the molecule is Nc1cc(F)cc2cc(C(=O)NCC(F)(F)C(F)(F)C(F)(F)F)cnc12. The molecule has 1 aromatic carbocycles. The van der Waals surface area contributed by atoms with Gasteiger partial charge in [0.2, 0.25) is 0 Å². The predicted octanol–water partition coefficient (Wildman–Crippen LogP) is 3.52. The molecule has 2 aromatic rings. The number of nitrogens with two attached hydrogens (primary N) is 1. The summed E-state index contributed by atoms with van der Waals surface area (Å²) in [6.45, 7) is -2.28. The topological polar surface area (TPSA) is 68.0 Å². The fourth-order valence-corrected chi connectivity index (χ4v) is 1.98. The van der Waals surface area contributed by atoms with Gasteiger partial charge in [-0.05, 0) is 18.2 Å². The van der Waals surface area contributed by atoms with Gasteiger partial charge in [0.25, 0.3) is 5.91 Å². The van der Waals surface area contributed by atoms with E-state index in [4.69, 9.17) is 5.73 Å². The van der Waals surface area contributed by atoms with Crippen molar-refractivity contribution in [2.45, 2.75) is 18.0 Å². The molecule has 0 atom stereocenters. The molecule has 0 aliphatic rings. The van der Waals surface area contributed by atoms with Crippen LogP contribution in [0, 0.1) is 5.82 Å². The van der Waals surface area contributed by atoms with Gasteiger partial charge in [0, 0.05) is 11.6 Å². The Bertz CT molecular complexity index is 850. The zero-order valence-corrected chi connectivity index (χ0v) is 12.5. The first kappa shape index (κ1) is 19.7. The van der Waals surface area contributed by atoms with Gasteiger partial charge >= 0.3 is 18.0 Å². The standard InChI is InChI=1S/C14H9F8N3O/c15-8-2-6-1-7(4-24-10(6)9(23)3-8)11(26)25-5-12(16,17)13(18,19)14(20,21)22/h1-4H,5,23H2,(H,25,26). The number of alkyl halides is 7. The van der Waals surface area contributed by atoms with Gasteiger partial charge in [-0.25, -0.2) is 4.39 Å². The molecule has 0 unspecified atom stereocenters. The van der Waals surface area contributed by atoms with Crippen LogP contribution >= 0.6 is 0 Å². The lowest BCUT2D eigenvalue weighted by molar-refractivity contribution is -0.352. The normalized spacial score (nSPS) is 13.1. The molecular formula is C14H9F8N3O. The van der Waals surface area contributed by atoms with Crippen molar-refractivity contribution in [1.82, 2.24) is 10.3 Å². The molecule has 142 valence electrons. The Balaban J connectivity index is 2.21. The van der Waals surface area contributed by atoms with Crippen LogP contribution in [0.2, 0.25) is 0 Å². The van der Waals surface area contributed by atoms with Crippen molar-refractivity contribution in [2.24, 2.45) is 0 Å². The second kappa shape index (κ2) is 6.25. The van der Waals surface area contributed by atoms with Crippen LogP contribution in [0.1, 0.15) is 10.4 Å². The van der Waals surface area contributed by atoms with E-state index >= 15 is 0 Å². The predicted molar refractivity (Wildman–Crippen MR) is 74.4 cm³/mol. The lowest BCUT2D eigenvalue weighted by Crippen LogP contribution is -2.56. The Morgan fingerprint density at radius 3 is 2.27 bits per heavy atom. The summed E-state index contributed by atoms with van der Waals surface area (Å²) in [6.07, 6.45) is -5.67. The summed E-state index contributed by atoms with van der Waals surface area (Å²) in [4.78, 5) is 15.5. The third-order valence-corrected chi connectivity index (χ3v) is 3.33. The van der Waals surface area contributed by atoms with E-state index in [1.165, 1.54) is 5.32 Å². The number of nitrogens with one attached hydrogen (secondary N) is 1. The molecule has 0 aliphatic heterocycles. The number of nitrogens with zero attached hydrogens (tertiary/aromatic N) is 1. The maximum absolute atomic E-state index is 13.3. The van der Waals surface area contributed by atoms with Crippen molar-refractivity contribution in [1.29, 1.82) is 0 Å². The monoisotopic (exact) mass is 387 g/mol. The van der Waals surface area contributed by atoms with Crippen LogP contribution in [0.15, 0.2) is 24.4 Å². The molecule has 26 heavy (non-hydrogen) atoms. The highest BCUT2D eigenvalue weighted by molar-refractivity contribution is 5.99. The largest absolute Gasteiger partial charge is 0.459 e. The summed E-state index contributed by atoms with van der Waals surface area (Å²) in [5, 5.41) is 1.28. The van der Waals surface area contributed by atoms with Crippen molar-refractivity contribution in [3.63, 3.8) is 0 Å². The molecule has 0 aliphatic carbocycles. The van der Waals surface area contributed by atoms with E-state index in [0.29, 0.717) is 0 Å². The Labute approximate surface area is 140 Å². The molecule has 1 amide bonds. The van der Waals surface area contributed by atoms with Crippen molar-refractivity contribution in [2.75, 3.05) is 12.3 Å². The van der Waals surface area contributed by atoms with Gasteiger partial charge in [0.15, 0.2) is 0 Å². The lowest BCUT2D eigenvalue weighted by Gasteiger charge is -2.28. The Hall–Kier alpha value is -2.66. The zero-order chi connectivity index (χ0) is 19.9. The van der Waals surface area contributed by atoms with Crippen LogP contribution in [-0.2, 0) is 0 Å². The van der Waals surface area contributed by atoms with E-state index in [9.17, 15) is 39.9 Å². The van der Waals surface area contributed by atoms with Crippen LogP contribution in [0.25, 0.3) is 10.9 Å². The first-order valence-electron chi connectivity index (χ1n) is 6.71. The van der Waals surface area contributed by atoms with Crippen LogP contribution in [0.3, 0.4) is 0 Å². The molecule has 1 aromatic heterocycles. The summed E-state index contributed by atoms with van der Waals surface area (Å²) < 4.78 is 101. The lowest BCUT2D eigenvalue weighted by atomic mass is 10.1. The van der Waals surface area contributed by atoms with Gasteiger partial charge in [-0.15, -0.1) is 0 Å². The summed E-state index contributed by atoms with van der Waals surface area (Å²) >= 11 is 0. The van der Waals surface area contributed by atoms with Gasteiger partial charge in [-0.2, -0.15) is 30.7 Å². The molecular weight excluding hydrogens is 378 g/mol. The molecule has 0 spiro atoms. The van der Waals surface area contributed by atoms with Crippen molar-refractivity contribution in [3.8, 4) is 0 Å². The van der Waals surface area contributed by atoms with Gasteiger partial charge in [-0.3, -0.25) is 9.78 Å². The number of carbonyl (C=O) groups excluding carboxylic acids is 1. The fraction of sp³-hybridized carbons (Fsp3) is 0.286. The van der Waals surface area contributed by atoms with Crippen LogP contribution in [-0.4, -0.2) is 35.5 Å². The van der Waals surface area contributed by atoms with E-state index in [1.54, 1.807) is 0 Å². The molecule has 0 radical (unpaired) electrons. The maximum Gasteiger partial charge on any atom is 0.459 e. The Morgan fingerprint density at radius 2 is 1.69 bits per heavy atom. The highest BCUT2D eigenvalue weighted by Gasteiger charge is 2.72. The van der Waals surface area contributed by atoms with Gasteiger partial charge in [0.05, 0.1) is 23.3 Å². The number of aromatic nitrogens is 1. The van der Waals surface area contributed by atoms with E-state index in [-0.39, 0.29) is 16.6 Å². The maximum atomic E-state index is 13.3. The number of carbonyl (C=O) groups is 1. The third kappa shape index (κ3) is 3.48. The number of fused-ring (bicyclic) bond motifs is 1. The second-order valence-electron chi connectivity index (χ2n) is 5.25. The van der Waals surface area contributed by atoms with E-state index in [0.717, 1.165) is 24.4 Å². The summed E-state index contributed by atoms with van der Waals surface area (Å²) in [5.74, 6) is -14.1. The number of benzene rings is 1. The van der Waals surface area contributed by atoms with Crippen molar-refractivity contribution in [3.05, 3.63) is 35.8 Å². The van der Waals surface area contributed by atoms with E-state index in [2.05, 4.69) is 4.98 Å². The number of amides is 1. The number of anilines is 1. The molecule has 2 rings (SSSR count). The fourth-order valence-electron chi connectivity index (χ4n) is 1.98. The molecule has 0 bridgehead atoms. The Kier molecular flexibility index (Phi) is 4.73. The van der Waals surface area contributed by atoms with E-state index < -0.39 is 41.9 Å². The minimum atomic E-state index is -6.50. The summed E-state index contributed by atoms with van der Waals surface area (Å²) in [6, 6.07) is 2.83. The van der Waals surface area contributed by atoms with Crippen molar-refractivity contribution >= 4 is 22.5 Å². The zero-order valence-electron chi connectivity index (χ0n) is 12.5. The average Bonchev–Trinajstić information content (AvgIpc) is 2.50. The number of nitrogen functional groups attached to an aromatic ring is 1. The average molecular weight is 387 g/mol. The quantitative estimate of drug-likeness (QED) is 0.623. The minimum absolute atomic E-state index is 0.00234. The molecule has 3 N–H and O–H groups in total. The molecule has 0 saturated carbocycles. The van der Waals surface area contributed by atoms with Gasteiger partial charge in [-0.1, -0.05) is 0 Å². The number of halogens is 8. The minimum Gasteiger partial charge on any atom is -0.397 e. The van der Waals surface area contributed by atoms with Crippen LogP contribution in [0.5, 0.6) is 0 Å². The summed E-state index contributed by atoms with van der Waals surface area (Å²) in [5.41, 5.74) is 5.03. The van der Waals surface area contributed by atoms with Gasteiger partial charge < -0.3 is 11.1 Å². The second-order valence-corrected chi connectivity index (χ2v) is 5.25. The van der Waals surface area contributed by atoms with E-state index in [1.807, 2.05) is 0 Å². The molecule has 1 heterocycles. The molecule has 4 nitrogen and oxygen atoms in total. The first-order chi connectivity index (χ1) is 11.8. The number of pyridine rings is 1. The van der Waals surface area contributed by atoms with Crippen LogP contribution < -0.4 is 11.1 Å². The number of rotatable bonds is 4. The third-order valence-electron chi connectivity index (χ3n) is 3.33. The van der Waals surface area contributed by atoms with Gasteiger partial charge in [0.1, 0.15) is 5.82 Å². The van der Waals surface area contributed by atoms with Crippen LogP contribution in [0.4, 0.5) is 40.8 Å². The number of hydrogen-bond acceptors (Lipinski definition) is 3. The summed E-state index contributed by atoms with van der Waals surface area (Å²) in [7, 11) is 0. The first-order valence-corrected chi connectivity index (χ1v) is 6.71. The van der Waals surface area contributed by atoms with Crippen molar-refractivity contribution < 1.29 is 39.9 Å². The highest BCUT2D eigenvalue weighted by atomic mass is 19.4. The Morgan fingerprint density at radius 1 is 1.08 bits per heavy atom. The molecule has 12 heteroatoms. The molecule has 0 fully saturated rings. The highest BCUT2D eigenvalue weighted by Crippen LogP contribution is 2.46. The smallest absolute Gasteiger partial charge is 0.397 e. The molecule has 0 saturated heterocycles.